The van der Waals surface area contributed by atoms with Crippen molar-refractivity contribution in [3.63, 3.8) is 0 Å². The molecule has 106 valence electrons. The molecule has 0 radical (unpaired) electrons. The van der Waals surface area contributed by atoms with E-state index < -0.39 is 0 Å². The van der Waals surface area contributed by atoms with Gasteiger partial charge < -0.3 is 10.6 Å². The number of hydrogen-bond acceptors (Lipinski definition) is 2. The van der Waals surface area contributed by atoms with Crippen molar-refractivity contribution in [2.75, 3.05) is 6.54 Å². The third-order valence-corrected chi connectivity index (χ3v) is 4.00. The predicted molar refractivity (Wildman–Crippen MR) is 81.7 cm³/mol. The molecule has 2 unspecified atom stereocenters. The van der Waals surface area contributed by atoms with Gasteiger partial charge in [0.2, 0.25) is 0 Å². The molecule has 0 aromatic heterocycles. The van der Waals surface area contributed by atoms with Crippen molar-refractivity contribution in [3.8, 4) is 0 Å². The summed E-state index contributed by atoms with van der Waals surface area (Å²) in [5.41, 5.74) is 0.544. The zero-order valence-corrected chi connectivity index (χ0v) is 12.9. The second kappa shape index (κ2) is 7.34. The maximum atomic E-state index is 12.1. The summed E-state index contributed by atoms with van der Waals surface area (Å²) in [4.78, 5) is 12.1. The Hall–Kier alpha value is -0.480. The Morgan fingerprint density at radius 3 is 2.74 bits per heavy atom. The molecule has 1 fully saturated rings. The number of amides is 1. The lowest BCUT2D eigenvalue weighted by Crippen LogP contribution is -2.51. The van der Waals surface area contributed by atoms with E-state index in [0.717, 1.165) is 19.4 Å². The number of hydrogen-bond donors (Lipinski definition) is 2. The van der Waals surface area contributed by atoms with Crippen LogP contribution in [0.3, 0.4) is 0 Å². The first-order chi connectivity index (χ1) is 8.58. The van der Waals surface area contributed by atoms with Crippen LogP contribution in [0.25, 0.3) is 0 Å². The van der Waals surface area contributed by atoms with E-state index in [1.807, 2.05) is 0 Å². The molecule has 1 heterocycles. The summed E-state index contributed by atoms with van der Waals surface area (Å²) in [6, 6.07) is 5.39. The minimum absolute atomic E-state index is 0. The fraction of sp³-hybridized carbons (Fsp3) is 0.462. The van der Waals surface area contributed by atoms with Gasteiger partial charge in [0, 0.05) is 17.6 Å². The van der Waals surface area contributed by atoms with Crippen molar-refractivity contribution in [2.45, 2.75) is 31.8 Å². The first-order valence-corrected chi connectivity index (χ1v) is 6.83. The minimum atomic E-state index is -0.103. The van der Waals surface area contributed by atoms with Gasteiger partial charge in [-0.1, -0.05) is 23.2 Å². The molecular weight excluding hydrogens is 307 g/mol. The summed E-state index contributed by atoms with van der Waals surface area (Å²) in [6.45, 7) is 3.10. The van der Waals surface area contributed by atoms with Crippen LogP contribution in [0.1, 0.15) is 30.1 Å². The quantitative estimate of drug-likeness (QED) is 0.877. The lowest BCUT2D eigenvalue weighted by atomic mass is 9.99. The zero-order chi connectivity index (χ0) is 13.1. The van der Waals surface area contributed by atoms with Crippen LogP contribution in [-0.4, -0.2) is 24.5 Å². The summed E-state index contributed by atoms with van der Waals surface area (Å²) < 4.78 is 0. The van der Waals surface area contributed by atoms with E-state index in [4.69, 9.17) is 23.2 Å². The minimum Gasteiger partial charge on any atom is -0.348 e. The van der Waals surface area contributed by atoms with Crippen molar-refractivity contribution in [3.05, 3.63) is 33.8 Å². The summed E-state index contributed by atoms with van der Waals surface area (Å²) in [7, 11) is 0. The Kier molecular flexibility index (Phi) is 6.40. The van der Waals surface area contributed by atoms with Crippen molar-refractivity contribution >= 4 is 41.5 Å². The molecule has 2 rings (SSSR count). The van der Waals surface area contributed by atoms with Crippen molar-refractivity contribution < 1.29 is 4.79 Å². The van der Waals surface area contributed by atoms with E-state index >= 15 is 0 Å². The second-order valence-electron chi connectivity index (χ2n) is 4.59. The third kappa shape index (κ3) is 4.25. The monoisotopic (exact) mass is 322 g/mol. The molecule has 6 heteroatoms. The lowest BCUT2D eigenvalue weighted by molar-refractivity contribution is 0.0920. The van der Waals surface area contributed by atoms with Crippen molar-refractivity contribution in [2.24, 2.45) is 0 Å². The Balaban J connectivity index is 0.00000180. The fourth-order valence-corrected chi connectivity index (χ4v) is 2.43. The predicted octanol–water partition coefficient (Wildman–Crippen LogP) is 3.29. The van der Waals surface area contributed by atoms with E-state index in [-0.39, 0.29) is 24.4 Å². The number of carbonyl (C=O) groups is 1. The van der Waals surface area contributed by atoms with Gasteiger partial charge in [0.15, 0.2) is 0 Å². The molecule has 1 aromatic rings. The van der Waals surface area contributed by atoms with Crippen LogP contribution in [0.2, 0.25) is 10.0 Å². The number of benzene rings is 1. The molecule has 0 saturated carbocycles. The van der Waals surface area contributed by atoms with Gasteiger partial charge in [0.25, 0.3) is 5.91 Å². The maximum Gasteiger partial charge on any atom is 0.251 e. The molecule has 1 saturated heterocycles. The molecule has 1 aliphatic heterocycles. The van der Waals surface area contributed by atoms with Crippen molar-refractivity contribution in [1.29, 1.82) is 0 Å². The molecular formula is C13H17Cl3N2O. The maximum absolute atomic E-state index is 12.1. The standard InChI is InChI=1S/C13H16Cl2N2O.ClH/c1-8-12(3-2-6-16-8)17-13(18)9-4-5-10(14)11(15)7-9;/h4-5,7-8,12,16H,2-3,6H2,1H3,(H,17,18);1H. The van der Waals surface area contributed by atoms with Gasteiger partial charge in [-0.25, -0.2) is 0 Å². The Morgan fingerprint density at radius 2 is 2.11 bits per heavy atom. The summed E-state index contributed by atoms with van der Waals surface area (Å²) >= 11 is 11.7. The molecule has 2 atom stereocenters. The highest BCUT2D eigenvalue weighted by molar-refractivity contribution is 6.42. The van der Waals surface area contributed by atoms with E-state index in [0.29, 0.717) is 21.7 Å². The summed E-state index contributed by atoms with van der Waals surface area (Å²) in [5.74, 6) is -0.103. The number of rotatable bonds is 2. The normalized spacial score (nSPS) is 22.5. The highest BCUT2D eigenvalue weighted by atomic mass is 35.5. The molecule has 2 N–H and O–H groups in total. The largest absolute Gasteiger partial charge is 0.348 e. The van der Waals surface area contributed by atoms with E-state index in [9.17, 15) is 4.79 Å². The number of piperidine rings is 1. The number of carbonyl (C=O) groups excluding carboxylic acids is 1. The average molecular weight is 324 g/mol. The van der Waals surface area contributed by atoms with Gasteiger partial charge in [0.1, 0.15) is 0 Å². The van der Waals surface area contributed by atoms with Gasteiger partial charge in [-0.3, -0.25) is 4.79 Å². The van der Waals surface area contributed by atoms with Crippen LogP contribution in [0.5, 0.6) is 0 Å². The smallest absolute Gasteiger partial charge is 0.251 e. The molecule has 0 spiro atoms. The molecule has 1 aliphatic rings. The van der Waals surface area contributed by atoms with Crippen LogP contribution in [0.4, 0.5) is 0 Å². The molecule has 3 nitrogen and oxygen atoms in total. The van der Waals surface area contributed by atoms with E-state index in [1.54, 1.807) is 18.2 Å². The molecule has 1 amide bonds. The SMILES string of the molecule is CC1NCCCC1NC(=O)c1ccc(Cl)c(Cl)c1.Cl. The lowest BCUT2D eigenvalue weighted by Gasteiger charge is -2.30. The molecule has 1 aromatic carbocycles. The first-order valence-electron chi connectivity index (χ1n) is 6.07. The van der Waals surface area contributed by atoms with E-state index in [2.05, 4.69) is 17.6 Å². The van der Waals surface area contributed by atoms with Gasteiger partial charge in [-0.05, 0) is 44.5 Å². The Labute approximate surface area is 129 Å². The Morgan fingerprint density at radius 1 is 1.37 bits per heavy atom. The zero-order valence-electron chi connectivity index (χ0n) is 10.6. The summed E-state index contributed by atoms with van der Waals surface area (Å²) in [6.07, 6.45) is 2.08. The molecule has 19 heavy (non-hydrogen) atoms. The number of halogens is 3. The van der Waals surface area contributed by atoms with Crippen LogP contribution in [0, 0.1) is 0 Å². The Bertz CT molecular complexity index is 454. The highest BCUT2D eigenvalue weighted by Gasteiger charge is 2.22. The van der Waals surface area contributed by atoms with Gasteiger partial charge in [0.05, 0.1) is 10.0 Å². The van der Waals surface area contributed by atoms with Crippen LogP contribution >= 0.6 is 35.6 Å². The molecule has 0 bridgehead atoms. The third-order valence-electron chi connectivity index (χ3n) is 3.26. The first kappa shape index (κ1) is 16.6. The average Bonchev–Trinajstić information content (AvgIpc) is 2.35. The van der Waals surface area contributed by atoms with Crippen LogP contribution in [-0.2, 0) is 0 Å². The van der Waals surface area contributed by atoms with Gasteiger partial charge >= 0.3 is 0 Å². The van der Waals surface area contributed by atoms with Gasteiger partial charge in [-0.2, -0.15) is 0 Å². The fourth-order valence-electron chi connectivity index (χ4n) is 2.13. The second-order valence-corrected chi connectivity index (χ2v) is 5.41. The topological polar surface area (TPSA) is 41.1 Å². The van der Waals surface area contributed by atoms with Crippen LogP contribution in [0.15, 0.2) is 18.2 Å². The number of nitrogens with one attached hydrogen (secondary N) is 2. The summed E-state index contributed by atoms with van der Waals surface area (Å²) in [5, 5.41) is 7.24. The molecule has 0 aliphatic carbocycles. The van der Waals surface area contributed by atoms with Gasteiger partial charge in [-0.15, -0.1) is 12.4 Å². The van der Waals surface area contributed by atoms with Crippen molar-refractivity contribution in [1.82, 2.24) is 10.6 Å². The highest BCUT2D eigenvalue weighted by Crippen LogP contribution is 2.22. The van der Waals surface area contributed by atoms with Crippen LogP contribution < -0.4 is 10.6 Å². The van der Waals surface area contributed by atoms with E-state index in [1.165, 1.54) is 0 Å².